The molecule has 9 nitrogen and oxygen atoms in total. The Labute approximate surface area is 159 Å². The highest BCUT2D eigenvalue weighted by Crippen LogP contribution is 2.29. The minimum atomic E-state index is -4.85. The number of pyridine rings is 1. The second-order valence-electron chi connectivity index (χ2n) is 5.69. The molecule has 146 valence electrons. The summed E-state index contributed by atoms with van der Waals surface area (Å²) in [7, 11) is -4.85. The maximum atomic E-state index is 11.6. The Bertz CT molecular complexity index is 881. The molecule has 5 atom stereocenters. The molecule has 1 aromatic heterocycles. The first-order valence-corrected chi connectivity index (χ1v) is 9.61. The van der Waals surface area contributed by atoms with E-state index in [2.05, 4.69) is 4.98 Å². The lowest BCUT2D eigenvalue weighted by Crippen LogP contribution is -2.62. The molecule has 0 radical (unpaired) electrons. The normalized spacial score (nSPS) is 28.5. The summed E-state index contributed by atoms with van der Waals surface area (Å²) in [4.78, 5) is 3.88. The topological polar surface area (TPSA) is 135 Å². The van der Waals surface area contributed by atoms with Crippen molar-refractivity contribution >= 4 is 21.7 Å². The van der Waals surface area contributed by atoms with Gasteiger partial charge in [-0.05, 0) is 18.2 Å². The highest BCUT2D eigenvalue weighted by atomic mass is 35.5. The van der Waals surface area contributed by atoms with Gasteiger partial charge in [-0.3, -0.25) is 4.55 Å². The van der Waals surface area contributed by atoms with Gasteiger partial charge in [0.05, 0.1) is 0 Å². The third-order valence-electron chi connectivity index (χ3n) is 3.74. The standard InChI is InChI=1S/C16H16ClNO8S/c17-9-6-7-18-11(8-9)25-14-12(19)15(24-10-4-2-1-3-5-10)26-16(13(14)20)27(21,22)23/h1-8,12-16,19-20H,(H,21,22,23)/t12-,13+,14-,15-,16?/m1/s1. The maximum Gasteiger partial charge on any atom is 0.295 e. The van der Waals surface area contributed by atoms with Gasteiger partial charge in [0.1, 0.15) is 11.9 Å². The molecule has 11 heteroatoms. The van der Waals surface area contributed by atoms with Gasteiger partial charge < -0.3 is 24.4 Å². The molecular formula is C16H16ClNO8S. The average molecular weight is 418 g/mol. The van der Waals surface area contributed by atoms with Crippen molar-refractivity contribution in [2.24, 2.45) is 0 Å². The Kier molecular flexibility index (Phi) is 5.84. The Morgan fingerprint density at radius 1 is 1.07 bits per heavy atom. The smallest absolute Gasteiger partial charge is 0.295 e. The van der Waals surface area contributed by atoms with Crippen LogP contribution < -0.4 is 9.47 Å². The molecule has 0 amide bonds. The number of benzene rings is 1. The summed E-state index contributed by atoms with van der Waals surface area (Å²) in [6.45, 7) is 0. The van der Waals surface area contributed by atoms with Gasteiger partial charge in [-0.15, -0.1) is 0 Å². The summed E-state index contributed by atoms with van der Waals surface area (Å²) in [5, 5.41) is 21.1. The summed E-state index contributed by atoms with van der Waals surface area (Å²) in [6.07, 6.45) is -5.30. The van der Waals surface area contributed by atoms with Gasteiger partial charge in [-0.2, -0.15) is 8.42 Å². The molecule has 3 rings (SSSR count). The Hall–Kier alpha value is -1.95. The van der Waals surface area contributed by atoms with Crippen molar-refractivity contribution in [3.05, 3.63) is 53.7 Å². The van der Waals surface area contributed by atoms with Gasteiger partial charge in [0.2, 0.25) is 17.6 Å². The zero-order chi connectivity index (χ0) is 19.6. The highest BCUT2D eigenvalue weighted by Gasteiger charge is 2.52. The fourth-order valence-corrected chi connectivity index (χ4v) is 3.42. The molecule has 0 spiro atoms. The van der Waals surface area contributed by atoms with Crippen molar-refractivity contribution in [3.63, 3.8) is 0 Å². The molecule has 1 saturated heterocycles. The largest absolute Gasteiger partial charge is 0.468 e. The van der Waals surface area contributed by atoms with E-state index in [0.717, 1.165) is 0 Å². The van der Waals surface area contributed by atoms with Crippen LogP contribution in [0.2, 0.25) is 5.02 Å². The van der Waals surface area contributed by atoms with Crippen LogP contribution in [0.5, 0.6) is 11.6 Å². The third-order valence-corrected chi connectivity index (χ3v) is 4.95. The van der Waals surface area contributed by atoms with Gasteiger partial charge in [0.15, 0.2) is 12.2 Å². The van der Waals surface area contributed by atoms with Crippen LogP contribution in [0.25, 0.3) is 0 Å². The number of halogens is 1. The Morgan fingerprint density at radius 2 is 1.78 bits per heavy atom. The molecule has 2 heterocycles. The van der Waals surface area contributed by atoms with Crippen LogP contribution in [0.1, 0.15) is 0 Å². The fraction of sp³-hybridized carbons (Fsp3) is 0.312. The van der Waals surface area contributed by atoms with E-state index in [1.165, 1.54) is 18.3 Å². The summed E-state index contributed by atoms with van der Waals surface area (Å²) in [6, 6.07) is 10.9. The number of rotatable bonds is 5. The Morgan fingerprint density at radius 3 is 2.41 bits per heavy atom. The van der Waals surface area contributed by atoms with E-state index in [1.54, 1.807) is 30.3 Å². The summed E-state index contributed by atoms with van der Waals surface area (Å²) >= 11 is 5.84. The molecule has 3 N–H and O–H groups in total. The molecule has 27 heavy (non-hydrogen) atoms. The molecule has 1 unspecified atom stereocenters. The van der Waals surface area contributed by atoms with Crippen LogP contribution in [-0.4, -0.2) is 58.2 Å². The number of aliphatic hydroxyl groups excluding tert-OH is 2. The molecule has 1 aliphatic rings. The third kappa shape index (κ3) is 4.67. The monoisotopic (exact) mass is 417 g/mol. The van der Waals surface area contributed by atoms with Crippen LogP contribution >= 0.6 is 11.6 Å². The van der Waals surface area contributed by atoms with E-state index >= 15 is 0 Å². The molecule has 1 aromatic carbocycles. The molecule has 1 fully saturated rings. The van der Waals surface area contributed by atoms with Gasteiger partial charge in [-0.1, -0.05) is 29.8 Å². The summed E-state index contributed by atoms with van der Waals surface area (Å²) < 4.78 is 48.5. The van der Waals surface area contributed by atoms with Gasteiger partial charge >= 0.3 is 0 Å². The first-order chi connectivity index (χ1) is 12.8. The minimum Gasteiger partial charge on any atom is -0.468 e. The molecule has 1 aliphatic heterocycles. The van der Waals surface area contributed by atoms with Gasteiger partial charge in [0.25, 0.3) is 10.1 Å². The van der Waals surface area contributed by atoms with Crippen LogP contribution in [0.15, 0.2) is 48.7 Å². The van der Waals surface area contributed by atoms with Crippen LogP contribution in [0, 0.1) is 0 Å². The lowest BCUT2D eigenvalue weighted by molar-refractivity contribution is -0.249. The number of aromatic nitrogens is 1. The van der Waals surface area contributed by atoms with Crippen LogP contribution in [0.4, 0.5) is 0 Å². The van der Waals surface area contributed by atoms with E-state index in [0.29, 0.717) is 0 Å². The minimum absolute atomic E-state index is 0.0694. The van der Waals surface area contributed by atoms with E-state index < -0.39 is 40.2 Å². The number of hydrogen-bond donors (Lipinski definition) is 3. The number of nitrogens with zero attached hydrogens (tertiary/aromatic N) is 1. The zero-order valence-corrected chi connectivity index (χ0v) is 15.2. The summed E-state index contributed by atoms with van der Waals surface area (Å²) in [5.74, 6) is 0.201. The molecular weight excluding hydrogens is 402 g/mol. The van der Waals surface area contributed by atoms with Crippen LogP contribution in [0.3, 0.4) is 0 Å². The predicted molar refractivity (Wildman–Crippen MR) is 93.0 cm³/mol. The first-order valence-electron chi connectivity index (χ1n) is 7.73. The molecule has 0 bridgehead atoms. The fourth-order valence-electron chi connectivity index (χ4n) is 2.51. The predicted octanol–water partition coefficient (Wildman–Crippen LogP) is 0.853. The van der Waals surface area contributed by atoms with Crippen LogP contribution in [-0.2, 0) is 14.9 Å². The van der Waals surface area contributed by atoms with Gasteiger partial charge in [0, 0.05) is 17.3 Å². The van der Waals surface area contributed by atoms with Crippen molar-refractivity contribution in [3.8, 4) is 11.6 Å². The van der Waals surface area contributed by atoms with Crippen molar-refractivity contribution in [1.82, 2.24) is 4.98 Å². The first kappa shape index (κ1) is 19.8. The van der Waals surface area contributed by atoms with Crippen molar-refractivity contribution in [2.45, 2.75) is 30.0 Å². The van der Waals surface area contributed by atoms with Gasteiger partial charge in [-0.25, -0.2) is 4.98 Å². The van der Waals surface area contributed by atoms with E-state index in [9.17, 15) is 23.2 Å². The number of hydrogen-bond acceptors (Lipinski definition) is 8. The lowest BCUT2D eigenvalue weighted by atomic mass is 10.0. The SMILES string of the molecule is O=S(=O)(O)C1O[C@@H](Oc2ccccc2)[C@H](O)[C@@H](Oc2cc(Cl)ccn2)[C@@H]1O. The Balaban J connectivity index is 1.89. The highest BCUT2D eigenvalue weighted by molar-refractivity contribution is 7.86. The summed E-state index contributed by atoms with van der Waals surface area (Å²) in [5.41, 5.74) is -2.10. The van der Waals surface area contributed by atoms with E-state index in [-0.39, 0.29) is 16.7 Å². The number of para-hydroxylation sites is 1. The second-order valence-corrected chi connectivity index (χ2v) is 7.63. The number of ether oxygens (including phenoxy) is 3. The van der Waals surface area contributed by atoms with E-state index in [4.69, 9.17) is 25.8 Å². The van der Waals surface area contributed by atoms with Crippen molar-refractivity contribution < 1.29 is 37.4 Å². The molecule has 0 aliphatic carbocycles. The second kappa shape index (κ2) is 7.97. The van der Waals surface area contributed by atoms with E-state index in [1.807, 2.05) is 0 Å². The zero-order valence-electron chi connectivity index (χ0n) is 13.6. The van der Waals surface area contributed by atoms with Crippen molar-refractivity contribution in [2.75, 3.05) is 0 Å². The molecule has 2 aromatic rings. The number of aliphatic hydroxyl groups is 2. The van der Waals surface area contributed by atoms with Crippen molar-refractivity contribution in [1.29, 1.82) is 0 Å². The quantitative estimate of drug-likeness (QED) is 0.605. The lowest BCUT2D eigenvalue weighted by Gasteiger charge is -2.40. The molecule has 0 saturated carbocycles. The average Bonchev–Trinajstić information content (AvgIpc) is 2.61. The maximum absolute atomic E-state index is 11.6.